The molecule has 0 saturated heterocycles. The number of esters is 1. The summed E-state index contributed by atoms with van der Waals surface area (Å²) in [6, 6.07) is 25.6. The Balaban J connectivity index is 1.63. The molecule has 0 bridgehead atoms. The normalized spacial score (nSPS) is 11.2. The first-order valence-corrected chi connectivity index (χ1v) is 10.2. The maximum Gasteiger partial charge on any atom is 0.339 e. The molecule has 3 rings (SSSR count). The quantitative estimate of drug-likeness (QED) is 0.563. The number of ether oxygens (including phenoxy) is 1. The van der Waals surface area contributed by atoms with Crippen LogP contribution in [0.15, 0.2) is 88.7 Å². The lowest BCUT2D eigenvalue weighted by atomic mass is 10.1. The van der Waals surface area contributed by atoms with Crippen LogP contribution in [0.3, 0.4) is 0 Å². The van der Waals surface area contributed by atoms with Gasteiger partial charge in [-0.2, -0.15) is 5.26 Å². The van der Waals surface area contributed by atoms with E-state index in [9.17, 15) is 14.9 Å². The number of nitriles is 1. The van der Waals surface area contributed by atoms with Gasteiger partial charge in [-0.05, 0) is 36.8 Å². The van der Waals surface area contributed by atoms with Crippen molar-refractivity contribution in [2.75, 3.05) is 6.61 Å². The highest BCUT2D eigenvalue weighted by molar-refractivity contribution is 7.99. The number of benzene rings is 3. The Morgan fingerprint density at radius 1 is 0.967 bits per heavy atom. The number of hydrogen-bond donors (Lipinski definition) is 1. The first-order valence-electron chi connectivity index (χ1n) is 9.36. The molecule has 6 heteroatoms. The minimum atomic E-state index is -0.588. The summed E-state index contributed by atoms with van der Waals surface area (Å²) >= 11 is 1.31. The van der Waals surface area contributed by atoms with Crippen LogP contribution in [0.2, 0.25) is 0 Å². The van der Waals surface area contributed by atoms with Crippen LogP contribution >= 0.6 is 11.8 Å². The molecular formula is C24H20N2O3S. The van der Waals surface area contributed by atoms with Crippen LogP contribution in [-0.4, -0.2) is 18.5 Å². The van der Waals surface area contributed by atoms with Crippen LogP contribution in [0.25, 0.3) is 0 Å². The summed E-state index contributed by atoms with van der Waals surface area (Å²) in [5, 5.41) is 12.1. The zero-order valence-electron chi connectivity index (χ0n) is 16.4. The summed E-state index contributed by atoms with van der Waals surface area (Å²) in [6.45, 7) is 1.50. The van der Waals surface area contributed by atoms with Crippen LogP contribution in [0.1, 0.15) is 34.5 Å². The molecule has 0 aromatic heterocycles. The fraction of sp³-hybridized carbons (Fsp3) is 0.125. The molecule has 0 saturated carbocycles. The minimum absolute atomic E-state index is 0.192. The molecule has 0 fully saturated rings. The SMILES string of the molecule is C[C@@H](NC(=O)COC(=O)c1ccccc1Sc1ccccc1C#N)c1ccccc1. The van der Waals surface area contributed by atoms with Gasteiger partial charge < -0.3 is 10.1 Å². The van der Waals surface area contributed by atoms with E-state index in [0.717, 1.165) is 10.5 Å². The molecule has 1 atom stereocenters. The second kappa shape index (κ2) is 10.3. The average molecular weight is 417 g/mol. The van der Waals surface area contributed by atoms with Gasteiger partial charge in [0.15, 0.2) is 6.61 Å². The van der Waals surface area contributed by atoms with Gasteiger partial charge in [0.05, 0.1) is 17.2 Å². The van der Waals surface area contributed by atoms with Crippen molar-refractivity contribution >= 4 is 23.6 Å². The smallest absolute Gasteiger partial charge is 0.339 e. The molecule has 30 heavy (non-hydrogen) atoms. The first kappa shape index (κ1) is 21.2. The van der Waals surface area contributed by atoms with E-state index in [2.05, 4.69) is 11.4 Å². The summed E-state index contributed by atoms with van der Waals surface area (Å²) in [7, 11) is 0. The van der Waals surface area contributed by atoms with Gasteiger partial charge in [0.1, 0.15) is 6.07 Å². The Morgan fingerprint density at radius 2 is 1.60 bits per heavy atom. The van der Waals surface area contributed by atoms with E-state index in [1.807, 2.05) is 55.5 Å². The minimum Gasteiger partial charge on any atom is -0.452 e. The lowest BCUT2D eigenvalue weighted by Gasteiger charge is -2.14. The molecule has 0 aliphatic carbocycles. The van der Waals surface area contributed by atoms with Crippen molar-refractivity contribution in [1.82, 2.24) is 5.32 Å². The maximum atomic E-state index is 12.6. The maximum absolute atomic E-state index is 12.6. The number of nitrogens with one attached hydrogen (secondary N) is 1. The molecule has 0 aliphatic heterocycles. The van der Waals surface area contributed by atoms with Gasteiger partial charge in [-0.25, -0.2) is 4.79 Å². The van der Waals surface area contributed by atoms with Crippen molar-refractivity contribution in [3.63, 3.8) is 0 Å². The predicted octanol–water partition coefficient (Wildman–Crippen LogP) is 4.74. The number of rotatable bonds is 7. The Labute approximate surface area is 179 Å². The largest absolute Gasteiger partial charge is 0.452 e. The summed E-state index contributed by atoms with van der Waals surface area (Å²) in [5.41, 5.74) is 1.84. The van der Waals surface area contributed by atoms with Crippen molar-refractivity contribution in [2.24, 2.45) is 0 Å². The fourth-order valence-electron chi connectivity index (χ4n) is 2.81. The van der Waals surface area contributed by atoms with Crippen LogP contribution in [0.5, 0.6) is 0 Å². The predicted molar refractivity (Wildman–Crippen MR) is 115 cm³/mol. The standard InChI is InChI=1S/C24H20N2O3S/c1-17(18-9-3-2-4-10-18)26-23(27)16-29-24(28)20-12-6-8-14-22(20)30-21-13-7-5-11-19(21)15-25/h2-14,17H,16H2,1H3,(H,26,27)/t17-/m1/s1. The molecular weight excluding hydrogens is 396 g/mol. The number of amides is 1. The second-order valence-corrected chi connectivity index (χ2v) is 7.57. The zero-order chi connectivity index (χ0) is 21.3. The molecule has 150 valence electrons. The highest BCUT2D eigenvalue weighted by Gasteiger charge is 2.17. The number of nitrogens with zero attached hydrogens (tertiary/aromatic N) is 1. The highest BCUT2D eigenvalue weighted by atomic mass is 32.2. The van der Waals surface area contributed by atoms with Crippen molar-refractivity contribution in [2.45, 2.75) is 22.8 Å². The zero-order valence-corrected chi connectivity index (χ0v) is 17.2. The molecule has 0 radical (unpaired) electrons. The topological polar surface area (TPSA) is 79.2 Å². The van der Waals surface area contributed by atoms with E-state index in [0.29, 0.717) is 16.0 Å². The van der Waals surface area contributed by atoms with Gasteiger partial charge >= 0.3 is 5.97 Å². The van der Waals surface area contributed by atoms with E-state index in [4.69, 9.17) is 4.74 Å². The molecule has 3 aromatic rings. The molecule has 0 spiro atoms. The first-order chi connectivity index (χ1) is 14.6. The van der Waals surface area contributed by atoms with Gasteiger partial charge in [0.2, 0.25) is 0 Å². The molecule has 1 N–H and O–H groups in total. The molecule has 5 nitrogen and oxygen atoms in total. The Kier molecular flexibility index (Phi) is 7.25. The van der Waals surface area contributed by atoms with Crippen molar-refractivity contribution < 1.29 is 14.3 Å². The van der Waals surface area contributed by atoms with E-state index < -0.39 is 5.97 Å². The van der Waals surface area contributed by atoms with Gasteiger partial charge in [-0.15, -0.1) is 0 Å². The second-order valence-electron chi connectivity index (χ2n) is 6.48. The van der Waals surface area contributed by atoms with Crippen molar-refractivity contribution in [3.8, 4) is 6.07 Å². The average Bonchev–Trinajstić information content (AvgIpc) is 2.78. The summed E-state index contributed by atoms with van der Waals surface area (Å²) in [6.07, 6.45) is 0. The van der Waals surface area contributed by atoms with Gasteiger partial charge in [0.25, 0.3) is 5.91 Å². The van der Waals surface area contributed by atoms with Crippen LogP contribution in [0, 0.1) is 11.3 Å². The molecule has 0 heterocycles. The number of carbonyl (C=O) groups is 2. The highest BCUT2D eigenvalue weighted by Crippen LogP contribution is 2.32. The summed E-state index contributed by atoms with van der Waals surface area (Å²) < 4.78 is 5.23. The summed E-state index contributed by atoms with van der Waals surface area (Å²) in [4.78, 5) is 26.2. The van der Waals surface area contributed by atoms with Crippen molar-refractivity contribution in [1.29, 1.82) is 5.26 Å². The van der Waals surface area contributed by atoms with E-state index in [-0.39, 0.29) is 18.6 Å². The molecule has 3 aromatic carbocycles. The van der Waals surface area contributed by atoms with E-state index in [1.54, 1.807) is 30.3 Å². The van der Waals surface area contributed by atoms with Gasteiger partial charge in [-0.3, -0.25) is 4.79 Å². The van der Waals surface area contributed by atoms with Crippen LogP contribution < -0.4 is 5.32 Å². The Hall–Kier alpha value is -3.56. The Morgan fingerprint density at radius 3 is 2.33 bits per heavy atom. The lowest BCUT2D eigenvalue weighted by Crippen LogP contribution is -2.31. The van der Waals surface area contributed by atoms with Crippen LogP contribution in [-0.2, 0) is 9.53 Å². The van der Waals surface area contributed by atoms with E-state index in [1.165, 1.54) is 11.8 Å². The summed E-state index contributed by atoms with van der Waals surface area (Å²) in [5.74, 6) is -0.963. The third kappa shape index (κ3) is 5.49. The number of carbonyl (C=O) groups excluding carboxylic acids is 2. The molecule has 1 amide bonds. The van der Waals surface area contributed by atoms with Gasteiger partial charge in [0, 0.05) is 9.79 Å². The third-order valence-electron chi connectivity index (χ3n) is 4.35. The number of hydrogen-bond acceptors (Lipinski definition) is 5. The third-order valence-corrected chi connectivity index (χ3v) is 5.50. The monoisotopic (exact) mass is 416 g/mol. The van der Waals surface area contributed by atoms with Crippen LogP contribution in [0.4, 0.5) is 0 Å². The lowest BCUT2D eigenvalue weighted by molar-refractivity contribution is -0.124. The van der Waals surface area contributed by atoms with Crippen molar-refractivity contribution in [3.05, 3.63) is 95.6 Å². The van der Waals surface area contributed by atoms with Gasteiger partial charge in [-0.1, -0.05) is 66.4 Å². The Bertz CT molecular complexity index is 1080. The molecule has 0 unspecified atom stereocenters. The van der Waals surface area contributed by atoms with E-state index >= 15 is 0 Å². The molecule has 0 aliphatic rings. The fourth-order valence-corrected chi connectivity index (χ4v) is 3.82.